The second kappa shape index (κ2) is 7.52. The molecule has 0 atom stereocenters. The molecule has 0 aliphatic rings. The highest BCUT2D eigenvalue weighted by molar-refractivity contribution is 14.1. The molecule has 0 heterocycles. The fourth-order valence-electron chi connectivity index (χ4n) is 1.20. The molecular formula is C11H13I3N. The van der Waals surface area contributed by atoms with Crippen LogP contribution in [-0.4, -0.2) is 6.54 Å². The Morgan fingerprint density at radius 2 is 1.93 bits per heavy atom. The summed E-state index contributed by atoms with van der Waals surface area (Å²) in [5.74, 6) is 0. The van der Waals surface area contributed by atoms with Gasteiger partial charge in [0.1, 0.15) is 0 Å². The van der Waals surface area contributed by atoms with Crippen LogP contribution in [0.5, 0.6) is 0 Å². The zero-order valence-electron chi connectivity index (χ0n) is 8.54. The number of hydrogen-bond acceptors (Lipinski definition) is 1. The molecule has 15 heavy (non-hydrogen) atoms. The van der Waals surface area contributed by atoms with Crippen LogP contribution in [0.3, 0.4) is 0 Å². The van der Waals surface area contributed by atoms with E-state index in [-0.39, 0.29) is 0 Å². The summed E-state index contributed by atoms with van der Waals surface area (Å²) in [5, 5.41) is 3.47. The third-order valence-electron chi connectivity index (χ3n) is 2.06. The van der Waals surface area contributed by atoms with Gasteiger partial charge in [0.25, 0.3) is 0 Å². The molecule has 0 aliphatic carbocycles. The quantitative estimate of drug-likeness (QED) is 0.319. The average Bonchev–Trinajstić information content (AvgIpc) is 2.24. The first-order valence-electron chi connectivity index (χ1n) is 4.95. The third kappa shape index (κ3) is 4.53. The molecule has 1 N–H and O–H groups in total. The Hall–Kier alpha value is 1.21. The number of nitrogens with one attached hydrogen (secondary N) is 1. The van der Waals surface area contributed by atoms with Crippen LogP contribution in [0.2, 0.25) is 0 Å². The van der Waals surface area contributed by atoms with Crippen LogP contribution in [0.1, 0.15) is 26.2 Å². The van der Waals surface area contributed by atoms with Gasteiger partial charge in [-0.25, -0.2) is 0 Å². The van der Waals surface area contributed by atoms with Crippen LogP contribution < -0.4 is 5.32 Å². The van der Waals surface area contributed by atoms with Gasteiger partial charge in [-0.1, -0.05) is 19.8 Å². The van der Waals surface area contributed by atoms with Gasteiger partial charge in [0, 0.05) is 19.4 Å². The maximum absolute atomic E-state index is 3.47. The van der Waals surface area contributed by atoms with E-state index in [9.17, 15) is 0 Å². The lowest BCUT2D eigenvalue weighted by molar-refractivity contribution is 0.743. The van der Waals surface area contributed by atoms with Gasteiger partial charge in [0.05, 0.1) is 3.57 Å². The van der Waals surface area contributed by atoms with Crippen LogP contribution in [-0.2, 0) is 0 Å². The summed E-state index contributed by atoms with van der Waals surface area (Å²) >= 11 is 7.10. The fraction of sp³-hybridized carbons (Fsp3) is 0.455. The third-order valence-corrected chi connectivity index (χ3v) is 7.17. The summed E-state index contributed by atoms with van der Waals surface area (Å²) < 4.78 is 3.82. The number of rotatable bonds is 5. The molecule has 0 spiro atoms. The normalized spacial score (nSPS) is 10.4. The minimum absolute atomic E-state index is 1.06. The van der Waals surface area contributed by atoms with E-state index in [0.29, 0.717) is 0 Å². The highest BCUT2D eigenvalue weighted by Crippen LogP contribution is 2.27. The minimum Gasteiger partial charge on any atom is -0.384 e. The van der Waals surface area contributed by atoms with E-state index in [2.05, 4.69) is 92.1 Å². The van der Waals surface area contributed by atoms with Gasteiger partial charge in [0.15, 0.2) is 0 Å². The van der Waals surface area contributed by atoms with Crippen molar-refractivity contribution in [2.45, 2.75) is 26.2 Å². The van der Waals surface area contributed by atoms with Crippen LogP contribution in [0, 0.1) is 16.8 Å². The maximum Gasteiger partial charge on any atom is 0.0506 e. The van der Waals surface area contributed by atoms with Gasteiger partial charge >= 0.3 is 0 Å². The van der Waals surface area contributed by atoms with Gasteiger partial charge in [0.2, 0.25) is 0 Å². The van der Waals surface area contributed by atoms with Gasteiger partial charge < -0.3 is 5.32 Å². The summed E-state index contributed by atoms with van der Waals surface area (Å²) in [4.78, 5) is 0. The van der Waals surface area contributed by atoms with E-state index in [4.69, 9.17) is 0 Å². The van der Waals surface area contributed by atoms with Crippen molar-refractivity contribution in [3.8, 4) is 0 Å². The lowest BCUT2D eigenvalue weighted by Crippen LogP contribution is -2.04. The van der Waals surface area contributed by atoms with Crippen LogP contribution in [0.15, 0.2) is 6.07 Å². The van der Waals surface area contributed by atoms with Gasteiger partial charge in [-0.15, -0.1) is 0 Å². The minimum atomic E-state index is 1.06. The molecule has 0 fully saturated rings. The number of hydrogen-bond donors (Lipinski definition) is 1. The second-order valence-electron chi connectivity index (χ2n) is 3.28. The summed E-state index contributed by atoms with van der Waals surface area (Å²) in [6.45, 7) is 3.29. The Morgan fingerprint density at radius 1 is 1.20 bits per heavy atom. The number of halogens is 3. The Kier molecular flexibility index (Phi) is 7.15. The Morgan fingerprint density at radius 3 is 2.60 bits per heavy atom. The molecule has 1 aromatic carbocycles. The first kappa shape index (κ1) is 14.3. The van der Waals surface area contributed by atoms with E-state index in [1.54, 1.807) is 0 Å². The van der Waals surface area contributed by atoms with Crippen molar-refractivity contribution >= 4 is 73.5 Å². The molecule has 83 valence electrons. The number of anilines is 1. The van der Waals surface area contributed by atoms with Gasteiger partial charge in [-0.05, 0) is 86.3 Å². The summed E-state index contributed by atoms with van der Waals surface area (Å²) in [6, 6.07) is 5.31. The molecular weight excluding hydrogens is 527 g/mol. The highest BCUT2D eigenvalue weighted by Gasteiger charge is 2.06. The predicted octanol–water partition coefficient (Wildman–Crippen LogP) is 4.90. The summed E-state index contributed by atoms with van der Waals surface area (Å²) in [6.07, 6.45) is 3.82. The summed E-state index contributed by atoms with van der Waals surface area (Å²) in [5.41, 5.74) is 1.22. The van der Waals surface area contributed by atoms with E-state index < -0.39 is 0 Å². The zero-order valence-corrected chi connectivity index (χ0v) is 15.0. The lowest BCUT2D eigenvalue weighted by Gasteiger charge is -2.10. The molecule has 0 saturated carbocycles. The van der Waals surface area contributed by atoms with Crippen molar-refractivity contribution in [3.63, 3.8) is 0 Å². The van der Waals surface area contributed by atoms with Crippen molar-refractivity contribution in [2.24, 2.45) is 0 Å². The van der Waals surface area contributed by atoms with Crippen LogP contribution in [0.4, 0.5) is 5.69 Å². The zero-order chi connectivity index (χ0) is 11.3. The van der Waals surface area contributed by atoms with Crippen molar-refractivity contribution in [2.75, 3.05) is 11.9 Å². The van der Waals surface area contributed by atoms with E-state index in [1.807, 2.05) is 0 Å². The standard InChI is InChI=1S/C11H13I3N/c1-2-3-4-7-15-9-6-5-8(12)10(13)11(9)14/h6,15H,2-4,7H2,1H3. The molecule has 1 nitrogen and oxygen atoms in total. The fourth-order valence-corrected chi connectivity index (χ4v) is 3.21. The van der Waals surface area contributed by atoms with Gasteiger partial charge in [-0.2, -0.15) is 0 Å². The molecule has 1 radical (unpaired) electrons. The predicted molar refractivity (Wildman–Crippen MR) is 91.4 cm³/mol. The first-order chi connectivity index (χ1) is 7.16. The Balaban J connectivity index is 2.58. The molecule has 0 aliphatic heterocycles. The largest absolute Gasteiger partial charge is 0.384 e. The molecule has 0 bridgehead atoms. The van der Waals surface area contributed by atoms with Crippen LogP contribution in [0.25, 0.3) is 0 Å². The molecule has 0 saturated heterocycles. The molecule has 4 heteroatoms. The molecule has 0 amide bonds. The Bertz CT molecular complexity index is 326. The molecule has 1 rings (SSSR count). The topological polar surface area (TPSA) is 12.0 Å². The van der Waals surface area contributed by atoms with Crippen molar-refractivity contribution in [1.82, 2.24) is 0 Å². The summed E-state index contributed by atoms with van der Waals surface area (Å²) in [7, 11) is 0. The SMILES string of the molecule is CCCCCNc1c[c]c(I)c(I)c1I. The molecule has 1 aromatic rings. The first-order valence-corrected chi connectivity index (χ1v) is 8.19. The Labute approximate surface area is 133 Å². The van der Waals surface area contributed by atoms with Gasteiger partial charge in [-0.3, -0.25) is 0 Å². The van der Waals surface area contributed by atoms with Crippen molar-refractivity contribution in [1.29, 1.82) is 0 Å². The van der Waals surface area contributed by atoms with E-state index >= 15 is 0 Å². The van der Waals surface area contributed by atoms with E-state index in [0.717, 1.165) is 6.54 Å². The van der Waals surface area contributed by atoms with Crippen molar-refractivity contribution in [3.05, 3.63) is 22.8 Å². The smallest absolute Gasteiger partial charge is 0.0506 e. The second-order valence-corrected chi connectivity index (χ2v) is 6.51. The lowest BCUT2D eigenvalue weighted by atomic mass is 10.2. The average molecular weight is 540 g/mol. The van der Waals surface area contributed by atoms with Crippen LogP contribution >= 0.6 is 67.8 Å². The maximum atomic E-state index is 3.47. The molecule has 0 aromatic heterocycles. The monoisotopic (exact) mass is 540 g/mol. The van der Waals surface area contributed by atoms with Crippen molar-refractivity contribution < 1.29 is 0 Å². The highest BCUT2D eigenvalue weighted by atomic mass is 127. The number of unbranched alkanes of at least 4 members (excludes halogenated alkanes) is 2. The number of benzene rings is 1. The van der Waals surface area contributed by atoms with E-state index in [1.165, 1.54) is 35.7 Å². The molecule has 0 unspecified atom stereocenters.